The molecule has 0 amide bonds. The number of aryl methyl sites for hydroxylation is 2. The molecule has 1 aromatic carbocycles. The number of thiazole rings is 1. The van der Waals surface area contributed by atoms with Gasteiger partial charge in [0.15, 0.2) is 0 Å². The maximum Gasteiger partial charge on any atom is 0.0795 e. The Bertz CT molecular complexity index is 457. The average Bonchev–Trinajstić information content (AvgIpc) is 2.75. The van der Waals surface area contributed by atoms with Crippen LogP contribution >= 0.6 is 27.3 Å². The first-order valence-corrected chi connectivity index (χ1v) is 6.78. The monoisotopic (exact) mass is 296 g/mol. The van der Waals surface area contributed by atoms with Gasteiger partial charge in [0.1, 0.15) is 0 Å². The van der Waals surface area contributed by atoms with Crippen LogP contribution in [0.1, 0.15) is 16.8 Å². The Morgan fingerprint density at radius 3 is 2.56 bits per heavy atom. The highest BCUT2D eigenvalue weighted by atomic mass is 79.9. The highest BCUT2D eigenvalue weighted by molar-refractivity contribution is 9.10. The van der Waals surface area contributed by atoms with Crippen molar-refractivity contribution in [3.8, 4) is 0 Å². The molecule has 84 valence electrons. The fraction of sp³-hybridized carbons (Fsp3) is 0.250. The first-order chi connectivity index (χ1) is 7.66. The van der Waals surface area contributed by atoms with Gasteiger partial charge in [0.05, 0.1) is 17.7 Å². The molecule has 0 radical (unpaired) electrons. The number of hydrogen-bond donors (Lipinski definition) is 1. The Morgan fingerprint density at radius 1 is 1.31 bits per heavy atom. The van der Waals surface area contributed by atoms with Crippen LogP contribution in [-0.2, 0) is 6.54 Å². The standard InChI is InChI=1S/C12H13BrN2S/c1-8-3-10(4-9(2)12(8)13)14-5-11-6-16-7-15-11/h3-4,6-7,14H,5H2,1-2H3. The van der Waals surface area contributed by atoms with E-state index < -0.39 is 0 Å². The molecule has 16 heavy (non-hydrogen) atoms. The molecule has 1 heterocycles. The first-order valence-electron chi connectivity index (χ1n) is 5.04. The van der Waals surface area contributed by atoms with Gasteiger partial charge in [-0.15, -0.1) is 11.3 Å². The zero-order chi connectivity index (χ0) is 11.5. The van der Waals surface area contributed by atoms with Crippen LogP contribution in [0.25, 0.3) is 0 Å². The molecule has 0 saturated carbocycles. The van der Waals surface area contributed by atoms with E-state index in [0.29, 0.717) is 0 Å². The second-order valence-corrected chi connectivity index (χ2v) is 5.27. The van der Waals surface area contributed by atoms with Crippen molar-refractivity contribution in [1.82, 2.24) is 4.98 Å². The van der Waals surface area contributed by atoms with E-state index in [1.807, 2.05) is 5.51 Å². The summed E-state index contributed by atoms with van der Waals surface area (Å²) in [5.74, 6) is 0. The summed E-state index contributed by atoms with van der Waals surface area (Å²) in [6, 6.07) is 4.28. The summed E-state index contributed by atoms with van der Waals surface area (Å²) < 4.78 is 1.19. The fourth-order valence-electron chi connectivity index (χ4n) is 1.57. The van der Waals surface area contributed by atoms with Crippen molar-refractivity contribution in [2.24, 2.45) is 0 Å². The molecule has 0 fully saturated rings. The Balaban J connectivity index is 2.10. The van der Waals surface area contributed by atoms with Crippen LogP contribution in [-0.4, -0.2) is 4.98 Å². The number of benzene rings is 1. The van der Waals surface area contributed by atoms with Gasteiger partial charge in [0.25, 0.3) is 0 Å². The van der Waals surface area contributed by atoms with Gasteiger partial charge in [0, 0.05) is 15.5 Å². The van der Waals surface area contributed by atoms with Crippen LogP contribution in [0.15, 0.2) is 27.5 Å². The molecule has 2 rings (SSSR count). The molecule has 0 spiro atoms. The van der Waals surface area contributed by atoms with E-state index >= 15 is 0 Å². The van der Waals surface area contributed by atoms with Crippen molar-refractivity contribution in [2.75, 3.05) is 5.32 Å². The minimum atomic E-state index is 0.782. The molecule has 0 aliphatic heterocycles. The molecule has 0 atom stereocenters. The van der Waals surface area contributed by atoms with E-state index in [1.54, 1.807) is 11.3 Å². The maximum absolute atomic E-state index is 4.24. The maximum atomic E-state index is 4.24. The van der Waals surface area contributed by atoms with Gasteiger partial charge in [-0.1, -0.05) is 15.9 Å². The minimum Gasteiger partial charge on any atom is -0.379 e. The van der Waals surface area contributed by atoms with Crippen molar-refractivity contribution in [3.63, 3.8) is 0 Å². The second kappa shape index (κ2) is 4.97. The smallest absolute Gasteiger partial charge is 0.0795 e. The van der Waals surface area contributed by atoms with Gasteiger partial charge in [-0.3, -0.25) is 0 Å². The van der Waals surface area contributed by atoms with E-state index in [9.17, 15) is 0 Å². The largest absolute Gasteiger partial charge is 0.379 e. The lowest BCUT2D eigenvalue weighted by molar-refractivity contribution is 1.07. The Labute approximate surface area is 108 Å². The molecule has 1 aromatic heterocycles. The lowest BCUT2D eigenvalue weighted by atomic mass is 10.1. The van der Waals surface area contributed by atoms with Crippen LogP contribution in [0, 0.1) is 13.8 Å². The van der Waals surface area contributed by atoms with Crippen LogP contribution in [0.4, 0.5) is 5.69 Å². The Morgan fingerprint density at radius 2 is 2.00 bits per heavy atom. The minimum absolute atomic E-state index is 0.782. The average molecular weight is 297 g/mol. The molecule has 4 heteroatoms. The third kappa shape index (κ3) is 2.62. The summed E-state index contributed by atoms with van der Waals surface area (Å²) in [4.78, 5) is 4.24. The van der Waals surface area contributed by atoms with E-state index in [4.69, 9.17) is 0 Å². The molecule has 0 bridgehead atoms. The SMILES string of the molecule is Cc1cc(NCc2cscn2)cc(C)c1Br. The van der Waals surface area contributed by atoms with Crippen molar-refractivity contribution >= 4 is 33.0 Å². The fourth-order valence-corrected chi connectivity index (χ4v) is 2.35. The van der Waals surface area contributed by atoms with E-state index in [-0.39, 0.29) is 0 Å². The number of aromatic nitrogens is 1. The summed E-state index contributed by atoms with van der Waals surface area (Å²) in [6.45, 7) is 4.99. The number of hydrogen-bond acceptors (Lipinski definition) is 3. The van der Waals surface area contributed by atoms with Crippen molar-refractivity contribution in [2.45, 2.75) is 20.4 Å². The predicted molar refractivity (Wildman–Crippen MR) is 73.1 cm³/mol. The quantitative estimate of drug-likeness (QED) is 0.921. The molecular weight excluding hydrogens is 284 g/mol. The van der Waals surface area contributed by atoms with Crippen LogP contribution in [0.2, 0.25) is 0 Å². The number of halogens is 1. The van der Waals surface area contributed by atoms with E-state index in [1.165, 1.54) is 15.6 Å². The molecule has 0 aliphatic carbocycles. The third-order valence-electron chi connectivity index (χ3n) is 2.39. The van der Waals surface area contributed by atoms with E-state index in [2.05, 4.69) is 57.6 Å². The Kier molecular flexibility index (Phi) is 3.61. The zero-order valence-corrected chi connectivity index (χ0v) is 11.7. The molecule has 1 N–H and O–H groups in total. The van der Waals surface area contributed by atoms with Crippen molar-refractivity contribution in [1.29, 1.82) is 0 Å². The van der Waals surface area contributed by atoms with Gasteiger partial charge in [-0.05, 0) is 37.1 Å². The number of rotatable bonds is 3. The van der Waals surface area contributed by atoms with Crippen LogP contribution in [0.5, 0.6) is 0 Å². The highest BCUT2D eigenvalue weighted by Gasteiger charge is 2.02. The van der Waals surface area contributed by atoms with Crippen molar-refractivity contribution in [3.05, 3.63) is 44.3 Å². The second-order valence-electron chi connectivity index (χ2n) is 3.76. The summed E-state index contributed by atoms with van der Waals surface area (Å²) in [5, 5.41) is 5.44. The summed E-state index contributed by atoms with van der Waals surface area (Å²) in [7, 11) is 0. The molecular formula is C12H13BrN2S. The van der Waals surface area contributed by atoms with Gasteiger partial charge in [-0.25, -0.2) is 4.98 Å². The topological polar surface area (TPSA) is 24.9 Å². The highest BCUT2D eigenvalue weighted by Crippen LogP contribution is 2.25. The zero-order valence-electron chi connectivity index (χ0n) is 9.25. The van der Waals surface area contributed by atoms with Gasteiger partial charge in [0.2, 0.25) is 0 Å². The lowest BCUT2D eigenvalue weighted by Gasteiger charge is -2.09. The third-order valence-corrected chi connectivity index (χ3v) is 4.28. The molecule has 0 unspecified atom stereocenters. The van der Waals surface area contributed by atoms with Gasteiger partial charge < -0.3 is 5.32 Å². The molecule has 2 nitrogen and oxygen atoms in total. The molecule has 2 aromatic rings. The molecule has 0 aliphatic rings. The van der Waals surface area contributed by atoms with E-state index in [0.717, 1.165) is 17.9 Å². The van der Waals surface area contributed by atoms with Crippen LogP contribution in [0.3, 0.4) is 0 Å². The number of nitrogens with one attached hydrogen (secondary N) is 1. The number of nitrogens with zero attached hydrogens (tertiary/aromatic N) is 1. The Hall–Kier alpha value is -0.870. The van der Waals surface area contributed by atoms with Gasteiger partial charge >= 0.3 is 0 Å². The summed E-state index contributed by atoms with van der Waals surface area (Å²) in [5.41, 5.74) is 6.59. The molecule has 0 saturated heterocycles. The number of anilines is 1. The summed E-state index contributed by atoms with van der Waals surface area (Å²) >= 11 is 5.19. The normalized spacial score (nSPS) is 10.4. The van der Waals surface area contributed by atoms with Crippen molar-refractivity contribution < 1.29 is 0 Å². The first kappa shape index (κ1) is 11.6. The van der Waals surface area contributed by atoms with Crippen LogP contribution < -0.4 is 5.32 Å². The predicted octanol–water partition coefficient (Wildman–Crippen LogP) is 4.13. The van der Waals surface area contributed by atoms with Gasteiger partial charge in [-0.2, -0.15) is 0 Å². The lowest BCUT2D eigenvalue weighted by Crippen LogP contribution is -2.00. The summed E-state index contributed by atoms with van der Waals surface area (Å²) in [6.07, 6.45) is 0.